The number of likely N-dealkylation sites (tertiary alicyclic amines) is 1. The number of amides is 2. The molecule has 1 aliphatic rings. The Hall–Kier alpha value is -4.86. The number of fused-ring (bicyclic) bond motifs is 2. The van der Waals surface area contributed by atoms with Gasteiger partial charge < -0.3 is 14.8 Å². The molecular formula is C31H29FN6O3. The normalized spacial score (nSPS) is 16.9. The van der Waals surface area contributed by atoms with Crippen LogP contribution in [0.1, 0.15) is 35.0 Å². The molecule has 0 radical (unpaired) electrons. The van der Waals surface area contributed by atoms with Crippen molar-refractivity contribution >= 4 is 34.1 Å². The molecule has 0 unspecified atom stereocenters. The highest BCUT2D eigenvalue weighted by molar-refractivity contribution is 6.08. The molecule has 41 heavy (non-hydrogen) atoms. The van der Waals surface area contributed by atoms with Gasteiger partial charge in [-0.25, -0.2) is 13.9 Å². The van der Waals surface area contributed by atoms with Crippen molar-refractivity contribution in [3.8, 4) is 11.1 Å². The fourth-order valence-corrected chi connectivity index (χ4v) is 5.48. The van der Waals surface area contributed by atoms with Crippen LogP contribution >= 0.6 is 0 Å². The van der Waals surface area contributed by atoms with Crippen LogP contribution in [-0.4, -0.2) is 60.4 Å². The average molecular weight is 553 g/mol. The number of carbonyl (C=O) groups excluding carboxylic acids is 3. The fraction of sp³-hybridized carbons (Fsp3) is 0.258. The zero-order valence-electron chi connectivity index (χ0n) is 22.8. The topological polar surface area (TPSA) is 102 Å². The number of nitrogens with one attached hydrogen (secondary N) is 1. The molecule has 1 N–H and O–H groups in total. The van der Waals surface area contributed by atoms with Crippen molar-refractivity contribution < 1.29 is 18.8 Å². The third-order valence-corrected chi connectivity index (χ3v) is 7.52. The van der Waals surface area contributed by atoms with Crippen molar-refractivity contribution in [1.82, 2.24) is 29.4 Å². The molecule has 1 aliphatic heterocycles. The summed E-state index contributed by atoms with van der Waals surface area (Å²) in [6.07, 6.45) is 3.96. The lowest BCUT2D eigenvalue weighted by Gasteiger charge is -2.24. The van der Waals surface area contributed by atoms with Crippen LogP contribution in [-0.2, 0) is 22.7 Å². The van der Waals surface area contributed by atoms with Crippen molar-refractivity contribution in [3.63, 3.8) is 0 Å². The molecule has 0 spiro atoms. The molecule has 9 nitrogen and oxygen atoms in total. The Morgan fingerprint density at radius 2 is 1.85 bits per heavy atom. The minimum absolute atomic E-state index is 0.0466. The summed E-state index contributed by atoms with van der Waals surface area (Å²) in [6, 6.07) is 16.1. The summed E-state index contributed by atoms with van der Waals surface area (Å²) in [7, 11) is 0. The molecule has 1 fully saturated rings. The first-order valence-electron chi connectivity index (χ1n) is 13.5. The van der Waals surface area contributed by atoms with E-state index in [0.717, 1.165) is 28.0 Å². The standard InChI is InChI=1S/C31H29FN6O3/c1-19-10-29-33-14-23(15-38(29)35-19)22-8-9-27-25(11-22)26(20(2)39)17-36(27)18-30(40)37-16-24(32)12-28(37)31(41)34-13-21-6-4-3-5-7-21/h3-11,14-15,17,24,28H,12-13,16,18H2,1-2H3,(H,34,41)/t24-,28+/m1/s1. The van der Waals surface area contributed by atoms with Gasteiger partial charge in [0.2, 0.25) is 11.8 Å². The molecule has 1 saturated heterocycles. The zero-order valence-corrected chi connectivity index (χ0v) is 22.8. The van der Waals surface area contributed by atoms with E-state index < -0.39 is 12.2 Å². The second-order valence-corrected chi connectivity index (χ2v) is 10.5. The lowest BCUT2D eigenvalue weighted by molar-refractivity contribution is -0.139. The van der Waals surface area contributed by atoms with Crippen LogP contribution in [0, 0.1) is 6.92 Å². The molecule has 5 aromatic rings. The summed E-state index contributed by atoms with van der Waals surface area (Å²) >= 11 is 0. The summed E-state index contributed by atoms with van der Waals surface area (Å²) in [5.41, 5.74) is 5.36. The summed E-state index contributed by atoms with van der Waals surface area (Å²) in [6.45, 7) is 3.41. The van der Waals surface area contributed by atoms with Crippen molar-refractivity contribution in [1.29, 1.82) is 0 Å². The Morgan fingerprint density at radius 3 is 2.63 bits per heavy atom. The summed E-state index contributed by atoms with van der Waals surface area (Å²) < 4.78 is 17.9. The van der Waals surface area contributed by atoms with Gasteiger partial charge in [-0.05, 0) is 37.1 Å². The second kappa shape index (κ2) is 10.6. The number of aromatic nitrogens is 4. The first kappa shape index (κ1) is 26.4. The lowest BCUT2D eigenvalue weighted by Crippen LogP contribution is -2.46. The van der Waals surface area contributed by atoms with E-state index in [0.29, 0.717) is 23.0 Å². The van der Waals surface area contributed by atoms with E-state index in [9.17, 15) is 18.8 Å². The fourth-order valence-electron chi connectivity index (χ4n) is 5.48. The number of carbonyl (C=O) groups is 3. The van der Waals surface area contributed by atoms with Crippen LogP contribution < -0.4 is 5.32 Å². The smallest absolute Gasteiger partial charge is 0.243 e. The number of hydrogen-bond acceptors (Lipinski definition) is 5. The molecule has 4 heterocycles. The van der Waals surface area contributed by atoms with E-state index in [2.05, 4.69) is 15.4 Å². The third kappa shape index (κ3) is 5.20. The maximum Gasteiger partial charge on any atom is 0.243 e. The molecule has 3 aromatic heterocycles. The Bertz CT molecular complexity index is 1790. The van der Waals surface area contributed by atoms with E-state index in [1.165, 1.54) is 11.8 Å². The molecule has 0 aliphatic carbocycles. The SMILES string of the molecule is CC(=O)c1cn(CC(=O)N2C[C@H](F)C[C@H]2C(=O)NCc2ccccc2)c2ccc(-c3cnc4cc(C)nn4c3)cc12. The van der Waals surface area contributed by atoms with Gasteiger partial charge in [0.1, 0.15) is 18.8 Å². The Kier molecular flexibility index (Phi) is 6.82. The summed E-state index contributed by atoms with van der Waals surface area (Å²) in [5, 5.41) is 7.96. The molecule has 2 aromatic carbocycles. The number of Topliss-reactive ketones (excluding diaryl/α,β-unsaturated/α-hetero) is 1. The maximum atomic E-state index is 14.5. The van der Waals surface area contributed by atoms with Gasteiger partial charge in [-0.15, -0.1) is 0 Å². The van der Waals surface area contributed by atoms with Gasteiger partial charge >= 0.3 is 0 Å². The molecule has 2 atom stereocenters. The number of nitrogens with zero attached hydrogens (tertiary/aromatic N) is 5. The van der Waals surface area contributed by atoms with Crippen molar-refractivity contribution in [2.75, 3.05) is 6.54 Å². The summed E-state index contributed by atoms with van der Waals surface area (Å²) in [4.78, 5) is 44.8. The van der Waals surface area contributed by atoms with E-state index in [-0.39, 0.29) is 37.1 Å². The van der Waals surface area contributed by atoms with E-state index >= 15 is 0 Å². The lowest BCUT2D eigenvalue weighted by atomic mass is 10.0. The quantitative estimate of drug-likeness (QED) is 0.306. The van der Waals surface area contributed by atoms with Gasteiger partial charge in [0, 0.05) is 59.7 Å². The number of ketones is 1. The minimum Gasteiger partial charge on any atom is -0.350 e. The van der Waals surface area contributed by atoms with Crippen LogP contribution in [0.5, 0.6) is 0 Å². The van der Waals surface area contributed by atoms with E-state index in [1.54, 1.807) is 21.5 Å². The highest BCUT2D eigenvalue weighted by atomic mass is 19.1. The van der Waals surface area contributed by atoms with Gasteiger partial charge in [-0.3, -0.25) is 14.4 Å². The minimum atomic E-state index is -1.28. The summed E-state index contributed by atoms with van der Waals surface area (Å²) in [5.74, 6) is -0.908. The number of hydrogen-bond donors (Lipinski definition) is 1. The number of alkyl halides is 1. The highest BCUT2D eigenvalue weighted by Crippen LogP contribution is 2.29. The van der Waals surface area contributed by atoms with Crippen LogP contribution in [0.15, 0.2) is 73.2 Å². The Morgan fingerprint density at radius 1 is 1.05 bits per heavy atom. The molecule has 6 rings (SSSR count). The predicted molar refractivity (Wildman–Crippen MR) is 152 cm³/mol. The van der Waals surface area contributed by atoms with Crippen LogP contribution in [0.4, 0.5) is 4.39 Å². The van der Waals surface area contributed by atoms with Gasteiger partial charge in [-0.2, -0.15) is 5.10 Å². The van der Waals surface area contributed by atoms with Crippen molar-refractivity contribution in [3.05, 3.63) is 90.0 Å². The van der Waals surface area contributed by atoms with Crippen LogP contribution in [0.3, 0.4) is 0 Å². The average Bonchev–Trinajstić information content (AvgIpc) is 3.65. The zero-order chi connectivity index (χ0) is 28.7. The number of rotatable bonds is 7. The van der Waals surface area contributed by atoms with Gasteiger partial charge in [0.25, 0.3) is 0 Å². The monoisotopic (exact) mass is 552 g/mol. The van der Waals surface area contributed by atoms with Gasteiger partial charge in [-0.1, -0.05) is 36.4 Å². The maximum absolute atomic E-state index is 14.5. The molecule has 2 amide bonds. The van der Waals surface area contributed by atoms with Crippen molar-refractivity contribution in [2.45, 2.75) is 45.6 Å². The van der Waals surface area contributed by atoms with Gasteiger partial charge in [0.15, 0.2) is 11.4 Å². The molecule has 0 bridgehead atoms. The van der Waals surface area contributed by atoms with E-state index in [4.69, 9.17) is 0 Å². The number of halogens is 1. The first-order chi connectivity index (χ1) is 19.8. The predicted octanol–water partition coefficient (Wildman–Crippen LogP) is 4.12. The third-order valence-electron chi connectivity index (χ3n) is 7.52. The van der Waals surface area contributed by atoms with Crippen LogP contribution in [0.25, 0.3) is 27.7 Å². The Balaban J connectivity index is 1.25. The van der Waals surface area contributed by atoms with Crippen LogP contribution in [0.2, 0.25) is 0 Å². The molecular weight excluding hydrogens is 523 g/mol. The largest absolute Gasteiger partial charge is 0.350 e. The Labute approximate surface area is 235 Å². The molecule has 0 saturated carbocycles. The highest BCUT2D eigenvalue weighted by Gasteiger charge is 2.39. The van der Waals surface area contributed by atoms with Crippen molar-refractivity contribution in [2.24, 2.45) is 0 Å². The molecule has 10 heteroatoms. The number of benzene rings is 2. The number of aryl methyl sites for hydroxylation is 1. The first-order valence-corrected chi connectivity index (χ1v) is 13.5. The van der Waals surface area contributed by atoms with E-state index in [1.807, 2.05) is 67.7 Å². The molecule has 208 valence electrons. The second-order valence-electron chi connectivity index (χ2n) is 10.5. The van der Waals surface area contributed by atoms with Gasteiger partial charge in [0.05, 0.1) is 12.2 Å².